The summed E-state index contributed by atoms with van der Waals surface area (Å²) in [5, 5.41) is 0. The van der Waals surface area contributed by atoms with Crippen molar-refractivity contribution in [3.8, 4) is 11.5 Å². The Labute approximate surface area is 119 Å². The number of aryl methyl sites for hydroxylation is 1. The van der Waals surface area contributed by atoms with E-state index in [2.05, 4.69) is 0 Å². The van der Waals surface area contributed by atoms with Crippen molar-refractivity contribution in [2.75, 3.05) is 13.2 Å². The van der Waals surface area contributed by atoms with Crippen molar-refractivity contribution in [3.63, 3.8) is 0 Å². The van der Waals surface area contributed by atoms with Gasteiger partial charge in [-0.15, -0.1) is 0 Å². The number of Topliss-reactive ketones (excluding diaryl/α,β-unsaturated/α-hetero) is 1. The highest BCUT2D eigenvalue weighted by Crippen LogP contribution is 2.13. The van der Waals surface area contributed by atoms with Gasteiger partial charge in [0.25, 0.3) is 0 Å². The number of rotatable bonds is 6. The molecule has 3 nitrogen and oxygen atoms in total. The summed E-state index contributed by atoms with van der Waals surface area (Å²) in [6.07, 6.45) is 0. The van der Waals surface area contributed by atoms with Crippen LogP contribution in [0.3, 0.4) is 0 Å². The van der Waals surface area contributed by atoms with Crippen LogP contribution in [0, 0.1) is 6.92 Å². The van der Waals surface area contributed by atoms with E-state index < -0.39 is 0 Å². The van der Waals surface area contributed by atoms with Gasteiger partial charge in [0.05, 0.1) is 0 Å². The molecule has 0 radical (unpaired) electrons. The van der Waals surface area contributed by atoms with Crippen LogP contribution in [0.5, 0.6) is 11.5 Å². The number of carbonyl (C=O) groups is 1. The van der Waals surface area contributed by atoms with Crippen molar-refractivity contribution in [2.45, 2.75) is 13.8 Å². The molecule has 0 unspecified atom stereocenters. The summed E-state index contributed by atoms with van der Waals surface area (Å²) in [4.78, 5) is 11.1. The summed E-state index contributed by atoms with van der Waals surface area (Å²) in [5.41, 5.74) is 1.90. The molecule has 0 aliphatic heterocycles. The van der Waals surface area contributed by atoms with Crippen LogP contribution in [0.2, 0.25) is 0 Å². The molecule has 0 bridgehead atoms. The second-order valence-electron chi connectivity index (χ2n) is 4.59. The van der Waals surface area contributed by atoms with E-state index in [-0.39, 0.29) is 5.78 Å². The maximum absolute atomic E-state index is 11.1. The molecule has 2 aromatic carbocycles. The fourth-order valence-electron chi connectivity index (χ4n) is 1.74. The molecule has 0 fully saturated rings. The van der Waals surface area contributed by atoms with Crippen LogP contribution in [0.15, 0.2) is 48.5 Å². The third-order valence-electron chi connectivity index (χ3n) is 2.90. The van der Waals surface area contributed by atoms with Gasteiger partial charge in [0.1, 0.15) is 24.7 Å². The number of hydrogen-bond acceptors (Lipinski definition) is 3. The van der Waals surface area contributed by atoms with E-state index in [4.69, 9.17) is 9.47 Å². The fourth-order valence-corrected chi connectivity index (χ4v) is 1.74. The summed E-state index contributed by atoms with van der Waals surface area (Å²) < 4.78 is 11.1. The Morgan fingerprint density at radius 2 is 1.30 bits per heavy atom. The minimum absolute atomic E-state index is 0.0549. The summed E-state index contributed by atoms with van der Waals surface area (Å²) in [5.74, 6) is 1.63. The number of ketones is 1. The van der Waals surface area contributed by atoms with Crippen molar-refractivity contribution < 1.29 is 14.3 Å². The second-order valence-corrected chi connectivity index (χ2v) is 4.59. The van der Waals surface area contributed by atoms with Gasteiger partial charge in [0, 0.05) is 5.56 Å². The van der Waals surface area contributed by atoms with E-state index in [0.717, 1.165) is 11.5 Å². The first kappa shape index (κ1) is 14.1. The van der Waals surface area contributed by atoms with Crippen molar-refractivity contribution in [2.24, 2.45) is 0 Å². The van der Waals surface area contributed by atoms with Crippen LogP contribution >= 0.6 is 0 Å². The first-order valence-electron chi connectivity index (χ1n) is 6.58. The number of carbonyl (C=O) groups excluding carboxylic acids is 1. The van der Waals surface area contributed by atoms with Gasteiger partial charge >= 0.3 is 0 Å². The SMILES string of the molecule is CC(=O)c1ccc(OCCOc2ccc(C)cc2)cc1. The zero-order valence-corrected chi connectivity index (χ0v) is 11.8. The highest BCUT2D eigenvalue weighted by molar-refractivity contribution is 5.94. The monoisotopic (exact) mass is 270 g/mol. The van der Waals surface area contributed by atoms with Gasteiger partial charge in [-0.3, -0.25) is 4.79 Å². The number of ether oxygens (including phenoxy) is 2. The van der Waals surface area contributed by atoms with E-state index in [1.807, 2.05) is 31.2 Å². The molecule has 0 saturated carbocycles. The Bertz CT molecular complexity index is 556. The normalized spacial score (nSPS) is 10.1. The molecule has 0 heterocycles. The predicted octanol–water partition coefficient (Wildman–Crippen LogP) is 3.66. The van der Waals surface area contributed by atoms with E-state index in [9.17, 15) is 4.79 Å². The van der Waals surface area contributed by atoms with Gasteiger partial charge in [-0.1, -0.05) is 17.7 Å². The van der Waals surface area contributed by atoms with Crippen molar-refractivity contribution in [1.29, 1.82) is 0 Å². The smallest absolute Gasteiger partial charge is 0.159 e. The van der Waals surface area contributed by atoms with E-state index >= 15 is 0 Å². The molecule has 0 aliphatic rings. The molecule has 2 aromatic rings. The van der Waals surface area contributed by atoms with Crippen LogP contribution in [0.25, 0.3) is 0 Å². The Balaban J connectivity index is 1.75. The topological polar surface area (TPSA) is 35.5 Å². The maximum atomic E-state index is 11.1. The van der Waals surface area contributed by atoms with Crippen LogP contribution in [0.1, 0.15) is 22.8 Å². The molecule has 0 atom stereocenters. The molecule has 0 N–H and O–H groups in total. The standard InChI is InChI=1S/C17H18O3/c1-13-3-7-16(8-4-13)19-11-12-20-17-9-5-15(6-10-17)14(2)18/h3-10H,11-12H2,1-2H3. The highest BCUT2D eigenvalue weighted by Gasteiger charge is 1.99. The number of benzene rings is 2. The first-order valence-corrected chi connectivity index (χ1v) is 6.58. The van der Waals surface area contributed by atoms with Gasteiger partial charge in [-0.2, -0.15) is 0 Å². The van der Waals surface area contributed by atoms with Crippen molar-refractivity contribution >= 4 is 5.78 Å². The van der Waals surface area contributed by atoms with Crippen LogP contribution in [0.4, 0.5) is 0 Å². The van der Waals surface area contributed by atoms with Gasteiger partial charge in [-0.25, -0.2) is 0 Å². The molecule has 2 rings (SSSR count). The highest BCUT2D eigenvalue weighted by atomic mass is 16.5. The quantitative estimate of drug-likeness (QED) is 0.593. The third kappa shape index (κ3) is 4.12. The fraction of sp³-hybridized carbons (Fsp3) is 0.235. The first-order chi connectivity index (χ1) is 9.65. The minimum Gasteiger partial charge on any atom is -0.490 e. The summed E-state index contributed by atoms with van der Waals surface area (Å²) >= 11 is 0. The van der Waals surface area contributed by atoms with Gasteiger partial charge < -0.3 is 9.47 Å². The molecular formula is C17H18O3. The van der Waals surface area contributed by atoms with E-state index in [1.54, 1.807) is 31.2 Å². The van der Waals surface area contributed by atoms with Crippen molar-refractivity contribution in [3.05, 3.63) is 59.7 Å². The predicted molar refractivity (Wildman–Crippen MR) is 78.6 cm³/mol. The molecule has 0 aromatic heterocycles. The van der Waals surface area contributed by atoms with Crippen molar-refractivity contribution in [1.82, 2.24) is 0 Å². The lowest BCUT2D eigenvalue weighted by Crippen LogP contribution is -2.09. The summed E-state index contributed by atoms with van der Waals surface area (Å²) in [7, 11) is 0. The van der Waals surface area contributed by atoms with Crippen LogP contribution in [-0.2, 0) is 0 Å². The lowest BCUT2D eigenvalue weighted by molar-refractivity contribution is 0.101. The van der Waals surface area contributed by atoms with Crippen LogP contribution < -0.4 is 9.47 Å². The molecule has 0 aliphatic carbocycles. The molecule has 104 valence electrons. The molecule has 3 heteroatoms. The molecule has 0 amide bonds. The number of hydrogen-bond donors (Lipinski definition) is 0. The molecule has 0 spiro atoms. The Hall–Kier alpha value is -2.29. The average molecular weight is 270 g/mol. The van der Waals surface area contributed by atoms with E-state index in [0.29, 0.717) is 18.8 Å². The lowest BCUT2D eigenvalue weighted by Gasteiger charge is -2.08. The minimum atomic E-state index is 0.0549. The second kappa shape index (κ2) is 6.75. The summed E-state index contributed by atoms with van der Waals surface area (Å²) in [6, 6.07) is 15.0. The largest absolute Gasteiger partial charge is 0.490 e. The zero-order valence-electron chi connectivity index (χ0n) is 11.8. The third-order valence-corrected chi connectivity index (χ3v) is 2.90. The van der Waals surface area contributed by atoms with E-state index in [1.165, 1.54) is 5.56 Å². The van der Waals surface area contributed by atoms with Gasteiger partial charge in [-0.05, 0) is 50.2 Å². The maximum Gasteiger partial charge on any atom is 0.159 e. The molecule has 20 heavy (non-hydrogen) atoms. The average Bonchev–Trinajstić information content (AvgIpc) is 2.46. The lowest BCUT2D eigenvalue weighted by atomic mass is 10.1. The molecular weight excluding hydrogens is 252 g/mol. The Morgan fingerprint density at radius 3 is 1.75 bits per heavy atom. The van der Waals surface area contributed by atoms with Gasteiger partial charge in [0.2, 0.25) is 0 Å². The zero-order chi connectivity index (χ0) is 14.4. The Kier molecular flexibility index (Phi) is 4.77. The molecule has 0 saturated heterocycles. The van der Waals surface area contributed by atoms with Gasteiger partial charge in [0.15, 0.2) is 5.78 Å². The van der Waals surface area contributed by atoms with Crippen LogP contribution in [-0.4, -0.2) is 19.0 Å². The Morgan fingerprint density at radius 1 is 0.850 bits per heavy atom. The summed E-state index contributed by atoms with van der Waals surface area (Å²) in [6.45, 7) is 4.54.